The monoisotopic (exact) mass is 586 g/mol. The number of amides is 3. The molecule has 41 heavy (non-hydrogen) atoms. The Morgan fingerprint density at radius 2 is 0.829 bits per heavy atom. The van der Waals surface area contributed by atoms with Gasteiger partial charge in [-0.2, -0.15) is 0 Å². The minimum atomic E-state index is -0.673. The van der Waals surface area contributed by atoms with Crippen molar-refractivity contribution in [1.29, 1.82) is 0 Å². The Morgan fingerprint density at radius 3 is 1.15 bits per heavy atom. The van der Waals surface area contributed by atoms with Gasteiger partial charge in [-0.25, -0.2) is 14.4 Å². The summed E-state index contributed by atoms with van der Waals surface area (Å²) in [5.74, 6) is -0.385. The van der Waals surface area contributed by atoms with E-state index in [0.717, 1.165) is 0 Å². The van der Waals surface area contributed by atoms with Crippen LogP contribution in [0.2, 0.25) is 0 Å². The van der Waals surface area contributed by atoms with Crippen LogP contribution in [0.15, 0.2) is 0 Å². The van der Waals surface area contributed by atoms with Crippen LogP contribution in [0.4, 0.5) is 14.4 Å². The van der Waals surface area contributed by atoms with Gasteiger partial charge >= 0.3 is 24.2 Å². The first kappa shape index (κ1) is 36.3. The summed E-state index contributed by atoms with van der Waals surface area (Å²) in [4.78, 5) is 58.0. The summed E-state index contributed by atoms with van der Waals surface area (Å²) in [6.07, 6.45) is 0.240. The fraction of sp³-hybridized carbons (Fsp3) is 0.862. The number of carbonyl (C=O) groups excluding carboxylic acids is 4. The van der Waals surface area contributed by atoms with E-state index in [2.05, 4.69) is 0 Å². The average Bonchev–Trinajstić information content (AvgIpc) is 2.80. The molecular weight excluding hydrogens is 532 g/mol. The van der Waals surface area contributed by atoms with Gasteiger partial charge in [0.05, 0.1) is 13.7 Å². The summed E-state index contributed by atoms with van der Waals surface area (Å²) in [7, 11) is 1.34. The molecule has 1 rings (SSSR count). The zero-order valence-electron chi connectivity index (χ0n) is 27.0. The number of methoxy groups -OCH3 is 1. The molecule has 0 aliphatic carbocycles. The normalized spacial score (nSPS) is 17.7. The summed E-state index contributed by atoms with van der Waals surface area (Å²) in [5, 5.41) is 0. The van der Waals surface area contributed by atoms with Crippen molar-refractivity contribution in [3.05, 3.63) is 0 Å². The minimum Gasteiger partial charge on any atom is -0.468 e. The number of hydrogen-bond donors (Lipinski definition) is 0. The maximum atomic E-state index is 13.1. The first-order valence-corrected chi connectivity index (χ1v) is 14.5. The molecule has 0 aromatic carbocycles. The van der Waals surface area contributed by atoms with Crippen LogP contribution in [-0.4, -0.2) is 127 Å². The molecule has 12 nitrogen and oxygen atoms in total. The lowest BCUT2D eigenvalue weighted by molar-refractivity contribution is -0.142. The van der Waals surface area contributed by atoms with Crippen molar-refractivity contribution in [2.45, 2.75) is 98.4 Å². The number of rotatable bonds is 2. The zero-order valence-corrected chi connectivity index (χ0v) is 27.0. The molecule has 1 saturated heterocycles. The molecule has 0 spiro atoms. The highest BCUT2D eigenvalue weighted by atomic mass is 16.6. The van der Waals surface area contributed by atoms with Crippen molar-refractivity contribution in [3.63, 3.8) is 0 Å². The second-order valence-electron chi connectivity index (χ2n) is 13.3. The van der Waals surface area contributed by atoms with Crippen molar-refractivity contribution >= 4 is 24.2 Å². The SMILES string of the molecule is COC(=O)CN1CCCN(C(=O)OC(C)(C)C)CCCN(C(=O)OC(C)(C)C)CCCN(C(=O)OC(C)(C)C)CC1. The summed E-state index contributed by atoms with van der Waals surface area (Å²) >= 11 is 0. The maximum absolute atomic E-state index is 13.1. The predicted octanol–water partition coefficient (Wildman–Crippen LogP) is 4.36. The number of ether oxygens (including phenoxy) is 4. The molecule has 1 aliphatic rings. The Balaban J connectivity index is 3.23. The van der Waals surface area contributed by atoms with Crippen molar-refractivity contribution < 1.29 is 38.1 Å². The Kier molecular flexibility index (Phi) is 14.2. The molecule has 0 saturated carbocycles. The molecule has 1 fully saturated rings. The molecular formula is C29H54N4O8. The Labute approximate surface area is 246 Å². The van der Waals surface area contributed by atoms with Gasteiger partial charge in [0.25, 0.3) is 0 Å². The number of hydrogen-bond acceptors (Lipinski definition) is 9. The highest BCUT2D eigenvalue weighted by Crippen LogP contribution is 2.15. The molecule has 12 heteroatoms. The van der Waals surface area contributed by atoms with E-state index >= 15 is 0 Å². The third-order valence-corrected chi connectivity index (χ3v) is 5.84. The van der Waals surface area contributed by atoms with Crippen LogP contribution >= 0.6 is 0 Å². The van der Waals surface area contributed by atoms with Gasteiger partial charge in [0.1, 0.15) is 16.8 Å². The smallest absolute Gasteiger partial charge is 0.410 e. The second kappa shape index (κ2) is 16.0. The highest BCUT2D eigenvalue weighted by Gasteiger charge is 2.27. The van der Waals surface area contributed by atoms with E-state index in [9.17, 15) is 19.2 Å². The summed E-state index contributed by atoms with van der Waals surface area (Å²) in [5.41, 5.74) is -1.99. The van der Waals surface area contributed by atoms with Crippen LogP contribution in [0.1, 0.15) is 81.6 Å². The highest BCUT2D eigenvalue weighted by molar-refractivity contribution is 5.71. The van der Waals surface area contributed by atoms with Crippen LogP contribution in [0.5, 0.6) is 0 Å². The fourth-order valence-corrected chi connectivity index (χ4v) is 4.03. The lowest BCUT2D eigenvalue weighted by atomic mass is 10.2. The molecule has 0 N–H and O–H groups in total. The molecule has 1 heterocycles. The molecule has 0 aromatic heterocycles. The van der Waals surface area contributed by atoms with E-state index in [1.54, 1.807) is 14.7 Å². The average molecular weight is 587 g/mol. The van der Waals surface area contributed by atoms with E-state index < -0.39 is 35.1 Å². The standard InChI is InChI=1S/C29H54N4O8/c1-27(2,3)39-24(35)31-15-11-14-30(22-23(34)38-10)20-21-33(26(37)41-29(7,8)9)19-13-18-32(17-12-16-31)25(36)40-28(4,5)6/h11-22H2,1-10H3. The number of nitrogens with zero attached hydrogens (tertiary/aromatic N) is 4. The minimum absolute atomic E-state index is 0.0531. The van der Waals surface area contributed by atoms with Gasteiger partial charge in [-0.3, -0.25) is 9.69 Å². The summed E-state index contributed by atoms with van der Waals surface area (Å²) in [6.45, 7) is 19.4. The van der Waals surface area contributed by atoms with Gasteiger partial charge < -0.3 is 33.6 Å². The third-order valence-electron chi connectivity index (χ3n) is 5.84. The maximum Gasteiger partial charge on any atom is 0.410 e. The van der Waals surface area contributed by atoms with Crippen molar-refractivity contribution in [3.8, 4) is 0 Å². The molecule has 0 radical (unpaired) electrons. The zero-order chi connectivity index (χ0) is 31.4. The van der Waals surface area contributed by atoms with Crippen molar-refractivity contribution in [2.24, 2.45) is 0 Å². The Morgan fingerprint density at radius 1 is 0.512 bits per heavy atom. The van der Waals surface area contributed by atoms with Gasteiger partial charge in [-0.05, 0) is 81.6 Å². The lowest BCUT2D eigenvalue weighted by Gasteiger charge is -2.31. The van der Waals surface area contributed by atoms with Gasteiger partial charge in [-0.1, -0.05) is 0 Å². The third kappa shape index (κ3) is 16.3. The molecule has 0 bridgehead atoms. The first-order chi connectivity index (χ1) is 18.8. The van der Waals surface area contributed by atoms with Crippen LogP contribution in [0.3, 0.4) is 0 Å². The van der Waals surface area contributed by atoms with Gasteiger partial charge in [0.2, 0.25) is 0 Å². The molecule has 238 valence electrons. The number of carbonyl (C=O) groups is 4. The van der Waals surface area contributed by atoms with E-state index in [1.807, 2.05) is 67.2 Å². The Hall–Kier alpha value is -2.76. The van der Waals surface area contributed by atoms with Crippen LogP contribution in [0.25, 0.3) is 0 Å². The molecule has 0 unspecified atom stereocenters. The Bertz CT molecular complexity index is 860. The molecule has 1 aliphatic heterocycles. The lowest BCUT2D eigenvalue weighted by Crippen LogP contribution is -2.44. The van der Waals surface area contributed by atoms with Gasteiger partial charge in [0, 0.05) is 52.4 Å². The van der Waals surface area contributed by atoms with Gasteiger partial charge in [0.15, 0.2) is 0 Å². The van der Waals surface area contributed by atoms with E-state index in [1.165, 1.54) is 7.11 Å². The van der Waals surface area contributed by atoms with E-state index in [4.69, 9.17) is 18.9 Å². The van der Waals surface area contributed by atoms with Crippen molar-refractivity contribution in [2.75, 3.05) is 66.0 Å². The quantitative estimate of drug-likeness (QED) is 0.344. The van der Waals surface area contributed by atoms with Crippen LogP contribution in [-0.2, 0) is 23.7 Å². The van der Waals surface area contributed by atoms with E-state index in [0.29, 0.717) is 71.6 Å². The molecule has 3 amide bonds. The first-order valence-electron chi connectivity index (χ1n) is 14.5. The predicted molar refractivity (Wildman–Crippen MR) is 156 cm³/mol. The van der Waals surface area contributed by atoms with Crippen molar-refractivity contribution in [1.82, 2.24) is 19.6 Å². The largest absolute Gasteiger partial charge is 0.468 e. The summed E-state index contributed by atoms with van der Waals surface area (Å²) in [6, 6.07) is 0. The fourth-order valence-electron chi connectivity index (χ4n) is 4.03. The van der Waals surface area contributed by atoms with Crippen LogP contribution < -0.4 is 0 Å². The van der Waals surface area contributed by atoms with Gasteiger partial charge in [-0.15, -0.1) is 0 Å². The second-order valence-corrected chi connectivity index (χ2v) is 13.3. The topological polar surface area (TPSA) is 118 Å². The molecule has 0 aromatic rings. The van der Waals surface area contributed by atoms with E-state index in [-0.39, 0.29) is 12.5 Å². The summed E-state index contributed by atoms with van der Waals surface area (Å²) < 4.78 is 21.8. The number of esters is 1. The molecule has 0 atom stereocenters. The van der Waals surface area contributed by atoms with Crippen LogP contribution in [0, 0.1) is 0 Å².